The summed E-state index contributed by atoms with van der Waals surface area (Å²) in [7, 11) is 5.48. The molecule has 0 saturated carbocycles. The summed E-state index contributed by atoms with van der Waals surface area (Å²) in [4.78, 5) is 0. The largest absolute Gasteiger partial charge is 0.492 e. The van der Waals surface area contributed by atoms with Crippen molar-refractivity contribution in [1.82, 2.24) is 0 Å². The first-order chi connectivity index (χ1) is 7.08. The van der Waals surface area contributed by atoms with Crippen LogP contribution in [-0.4, -0.2) is 14.2 Å². The van der Waals surface area contributed by atoms with E-state index in [9.17, 15) is 0 Å². The maximum Gasteiger partial charge on any atom is 0.204 e. The van der Waals surface area contributed by atoms with Crippen molar-refractivity contribution in [2.24, 2.45) is 0 Å². The zero-order valence-corrected chi connectivity index (χ0v) is 11.0. The molecule has 3 nitrogen and oxygen atoms in total. The predicted molar refractivity (Wildman–Crippen MR) is 64.1 cm³/mol. The molecule has 1 aromatic carbocycles. The maximum atomic E-state index is 5.33. The van der Waals surface area contributed by atoms with Gasteiger partial charge in [-0.3, -0.25) is 0 Å². The number of hydrogen-bond acceptors (Lipinski definition) is 3. The number of rotatable bonds is 3. The van der Waals surface area contributed by atoms with Crippen LogP contribution in [0.25, 0.3) is 0 Å². The molecule has 1 unspecified atom stereocenters. The van der Waals surface area contributed by atoms with Gasteiger partial charge in [-0.2, -0.15) is 0 Å². The van der Waals surface area contributed by atoms with Gasteiger partial charge >= 0.3 is 0 Å². The zero-order chi connectivity index (χ0) is 11.6. The molecule has 1 rings (SSSR count). The fourth-order valence-electron chi connectivity index (χ4n) is 1.64. The molecule has 1 atom stereocenters. The topological polar surface area (TPSA) is 27.7 Å². The van der Waals surface area contributed by atoms with E-state index in [1.54, 1.807) is 14.2 Å². The normalized spacial score (nSPS) is 10.0. The second-order valence-corrected chi connectivity index (χ2v) is 3.62. The Bertz CT molecular complexity index is 344. The fraction of sp³-hybridized carbons (Fsp3) is 0.455. The summed E-state index contributed by atoms with van der Waals surface area (Å²) in [5.74, 6) is 2.09. The number of benzene rings is 1. The Morgan fingerprint density at radius 3 is 1.60 bits per heavy atom. The standard InChI is InChI=1S/C11H17O3P/c1-6-7(2)9(12-4)11(13-5)10(14-15)8(6)3/h15H2,1-5H3. The van der Waals surface area contributed by atoms with Crippen LogP contribution in [0, 0.1) is 20.8 Å². The first kappa shape index (κ1) is 12.1. The van der Waals surface area contributed by atoms with Crippen molar-refractivity contribution in [1.29, 1.82) is 0 Å². The van der Waals surface area contributed by atoms with E-state index in [-0.39, 0.29) is 0 Å². The molecule has 0 aliphatic carbocycles. The van der Waals surface area contributed by atoms with E-state index in [0.717, 1.165) is 22.4 Å². The highest BCUT2D eigenvalue weighted by Gasteiger charge is 2.19. The summed E-state index contributed by atoms with van der Waals surface area (Å²) in [5.41, 5.74) is 3.31. The van der Waals surface area contributed by atoms with Crippen LogP contribution in [0.5, 0.6) is 17.2 Å². The van der Waals surface area contributed by atoms with E-state index in [1.807, 2.05) is 20.8 Å². The molecule has 0 amide bonds. The summed E-state index contributed by atoms with van der Waals surface area (Å²) < 4.78 is 15.9. The van der Waals surface area contributed by atoms with Gasteiger partial charge in [0.1, 0.15) is 0 Å². The molecule has 0 spiro atoms. The Balaban J connectivity index is 3.59. The minimum atomic E-state index is 0.646. The van der Waals surface area contributed by atoms with E-state index in [0.29, 0.717) is 11.5 Å². The molecule has 0 aromatic heterocycles. The van der Waals surface area contributed by atoms with Gasteiger partial charge in [-0.25, -0.2) is 0 Å². The summed E-state index contributed by atoms with van der Waals surface area (Å²) in [6, 6.07) is 0. The van der Waals surface area contributed by atoms with Crippen molar-refractivity contribution < 1.29 is 14.0 Å². The first-order valence-electron chi connectivity index (χ1n) is 4.66. The smallest absolute Gasteiger partial charge is 0.204 e. The highest BCUT2D eigenvalue weighted by atomic mass is 31.0. The lowest BCUT2D eigenvalue weighted by molar-refractivity contribution is 0.343. The first-order valence-corrected chi connectivity index (χ1v) is 5.14. The molecule has 0 aliphatic rings. The summed E-state index contributed by atoms with van der Waals surface area (Å²) >= 11 is 0. The molecule has 4 heteroatoms. The van der Waals surface area contributed by atoms with Crippen molar-refractivity contribution in [3.05, 3.63) is 16.7 Å². The lowest BCUT2D eigenvalue weighted by Crippen LogP contribution is -2.00. The lowest BCUT2D eigenvalue weighted by atomic mass is 10.0. The van der Waals surface area contributed by atoms with Gasteiger partial charge in [0, 0.05) is 0 Å². The third-order valence-corrected chi connectivity index (χ3v) is 2.98. The second kappa shape index (κ2) is 4.71. The Kier molecular flexibility index (Phi) is 3.81. The zero-order valence-electron chi connectivity index (χ0n) is 9.80. The van der Waals surface area contributed by atoms with Crippen molar-refractivity contribution in [3.63, 3.8) is 0 Å². The van der Waals surface area contributed by atoms with Gasteiger partial charge in [-0.15, -0.1) is 0 Å². The predicted octanol–water partition coefficient (Wildman–Crippen LogP) is 2.80. The Morgan fingerprint density at radius 1 is 0.733 bits per heavy atom. The summed E-state index contributed by atoms with van der Waals surface area (Å²) in [6.45, 7) is 6.06. The van der Waals surface area contributed by atoms with Crippen LogP contribution in [-0.2, 0) is 0 Å². The van der Waals surface area contributed by atoms with Crippen LogP contribution in [0.15, 0.2) is 0 Å². The Hall–Kier alpha value is -0.950. The average molecular weight is 228 g/mol. The second-order valence-electron chi connectivity index (χ2n) is 3.39. The van der Waals surface area contributed by atoms with Gasteiger partial charge in [-0.05, 0) is 37.5 Å². The third-order valence-electron chi connectivity index (χ3n) is 2.74. The number of hydrogen-bond donors (Lipinski definition) is 0. The SMILES string of the molecule is COc1c(C)c(C)c(C)c(OP)c1OC. The molecule has 0 radical (unpaired) electrons. The van der Waals surface area contributed by atoms with Gasteiger partial charge in [0.05, 0.1) is 23.7 Å². The van der Waals surface area contributed by atoms with Crippen LogP contribution < -0.4 is 14.0 Å². The van der Waals surface area contributed by atoms with Crippen molar-refractivity contribution in [2.45, 2.75) is 20.8 Å². The van der Waals surface area contributed by atoms with Gasteiger partial charge in [0.2, 0.25) is 5.75 Å². The van der Waals surface area contributed by atoms with Gasteiger partial charge in [-0.1, -0.05) is 0 Å². The van der Waals surface area contributed by atoms with Gasteiger partial charge in [0.25, 0.3) is 0 Å². The van der Waals surface area contributed by atoms with Crippen molar-refractivity contribution >= 4 is 9.47 Å². The molecule has 0 heterocycles. The van der Waals surface area contributed by atoms with Crippen LogP contribution in [0.2, 0.25) is 0 Å². The molecule has 15 heavy (non-hydrogen) atoms. The minimum Gasteiger partial charge on any atom is -0.492 e. The van der Waals surface area contributed by atoms with Gasteiger partial charge < -0.3 is 14.0 Å². The fourth-order valence-corrected chi connectivity index (χ4v) is 1.92. The molecule has 0 fully saturated rings. The van der Waals surface area contributed by atoms with E-state index >= 15 is 0 Å². The Morgan fingerprint density at radius 2 is 1.20 bits per heavy atom. The average Bonchev–Trinajstić information content (AvgIpc) is 2.25. The van der Waals surface area contributed by atoms with Crippen LogP contribution >= 0.6 is 9.47 Å². The summed E-state index contributed by atoms with van der Waals surface area (Å²) in [6.07, 6.45) is 0. The van der Waals surface area contributed by atoms with Gasteiger partial charge in [0.15, 0.2) is 11.5 Å². The van der Waals surface area contributed by atoms with Crippen LogP contribution in [0.1, 0.15) is 16.7 Å². The third kappa shape index (κ3) is 1.89. The highest BCUT2D eigenvalue weighted by Crippen LogP contribution is 2.45. The van der Waals surface area contributed by atoms with Crippen molar-refractivity contribution in [2.75, 3.05) is 14.2 Å². The molecular weight excluding hydrogens is 211 g/mol. The van der Waals surface area contributed by atoms with Crippen LogP contribution in [0.3, 0.4) is 0 Å². The lowest BCUT2D eigenvalue weighted by Gasteiger charge is -2.18. The van der Waals surface area contributed by atoms with E-state index < -0.39 is 0 Å². The molecule has 84 valence electrons. The monoisotopic (exact) mass is 228 g/mol. The molecule has 1 aromatic rings. The molecule has 0 saturated heterocycles. The number of methoxy groups -OCH3 is 2. The van der Waals surface area contributed by atoms with Crippen molar-refractivity contribution in [3.8, 4) is 17.2 Å². The van der Waals surface area contributed by atoms with E-state index in [1.165, 1.54) is 0 Å². The van der Waals surface area contributed by atoms with E-state index in [2.05, 4.69) is 9.47 Å². The number of ether oxygens (including phenoxy) is 2. The molecular formula is C11H17O3P. The van der Waals surface area contributed by atoms with E-state index in [4.69, 9.17) is 14.0 Å². The molecule has 0 aliphatic heterocycles. The molecule has 0 N–H and O–H groups in total. The summed E-state index contributed by atoms with van der Waals surface area (Å²) in [5, 5.41) is 0. The molecule has 0 bridgehead atoms. The van der Waals surface area contributed by atoms with Crippen LogP contribution in [0.4, 0.5) is 0 Å². The maximum absolute atomic E-state index is 5.33. The quantitative estimate of drug-likeness (QED) is 0.744. The minimum absolute atomic E-state index is 0.646. The Labute approximate surface area is 93.0 Å². The highest BCUT2D eigenvalue weighted by molar-refractivity contribution is 7.10.